The first-order valence-corrected chi connectivity index (χ1v) is 13.8. The van der Waals surface area contributed by atoms with Crippen LogP contribution in [0.4, 0.5) is 10.7 Å². The lowest BCUT2D eigenvalue weighted by Crippen LogP contribution is -2.27. The van der Waals surface area contributed by atoms with Crippen LogP contribution in [0.2, 0.25) is 5.02 Å². The number of nitrogens with zero attached hydrogens (tertiary/aromatic N) is 1. The van der Waals surface area contributed by atoms with Crippen LogP contribution in [0.25, 0.3) is 0 Å². The normalized spacial score (nSPS) is 15.6. The van der Waals surface area contributed by atoms with Gasteiger partial charge in [-0.25, -0.2) is 4.99 Å². The SMILES string of the molecule is COc1cc(OC)c(C=Nc2sc3c(c2C(=O)Nc2ccc(Cl)cc2)CC[C@@H](C(C)(C)C)C3)cc1Br. The smallest absolute Gasteiger partial charge is 0.259 e. The Hall–Kier alpha value is -2.35. The van der Waals surface area contributed by atoms with Crippen LogP contribution in [0.5, 0.6) is 11.5 Å². The molecule has 8 heteroatoms. The third kappa shape index (κ3) is 5.79. The van der Waals surface area contributed by atoms with Crippen molar-refractivity contribution in [3.05, 3.63) is 67.5 Å². The molecular weight excluding hydrogens is 560 g/mol. The molecule has 0 unspecified atom stereocenters. The highest BCUT2D eigenvalue weighted by Gasteiger charge is 2.33. The first kappa shape index (κ1) is 26.7. The predicted octanol–water partition coefficient (Wildman–Crippen LogP) is 8.34. The average molecular weight is 590 g/mol. The first-order chi connectivity index (χ1) is 17.1. The minimum Gasteiger partial charge on any atom is -0.496 e. The molecule has 2 aromatic carbocycles. The van der Waals surface area contributed by atoms with Gasteiger partial charge in [-0.3, -0.25) is 4.79 Å². The molecule has 1 aliphatic carbocycles. The number of thiophene rings is 1. The molecule has 0 radical (unpaired) electrons. The molecule has 1 amide bonds. The summed E-state index contributed by atoms with van der Waals surface area (Å²) in [5, 5.41) is 4.36. The van der Waals surface area contributed by atoms with E-state index in [2.05, 4.69) is 42.0 Å². The largest absolute Gasteiger partial charge is 0.496 e. The third-order valence-electron chi connectivity index (χ3n) is 6.63. The molecular formula is C28H30BrClN2O3S. The number of anilines is 1. The predicted molar refractivity (Wildman–Crippen MR) is 153 cm³/mol. The molecule has 36 heavy (non-hydrogen) atoms. The van der Waals surface area contributed by atoms with E-state index in [4.69, 9.17) is 26.1 Å². The van der Waals surface area contributed by atoms with Crippen LogP contribution < -0.4 is 14.8 Å². The molecule has 1 aromatic heterocycles. The summed E-state index contributed by atoms with van der Waals surface area (Å²) in [7, 11) is 3.22. The first-order valence-electron chi connectivity index (χ1n) is 11.8. The van der Waals surface area contributed by atoms with Crippen LogP contribution >= 0.6 is 38.9 Å². The number of benzene rings is 2. The number of rotatable bonds is 6. The number of aliphatic imine (C=N–C) groups is 1. The standard InChI is InChI=1S/C28H30BrClN2O3S/c1-28(2,3)17-6-11-20-24(13-17)36-27(25(20)26(33)32-19-9-7-18(30)8-10-19)31-15-16-12-21(29)23(35-5)14-22(16)34-4/h7-10,12,14-15,17H,6,11,13H2,1-5H3,(H,32,33)/t17-/m1/s1. The van der Waals surface area contributed by atoms with Crippen molar-refractivity contribution in [1.29, 1.82) is 0 Å². The maximum Gasteiger partial charge on any atom is 0.259 e. The summed E-state index contributed by atoms with van der Waals surface area (Å²) >= 11 is 11.2. The molecule has 190 valence electrons. The van der Waals surface area contributed by atoms with Gasteiger partial charge in [0, 0.05) is 33.4 Å². The number of halogens is 2. The third-order valence-corrected chi connectivity index (χ3v) is 8.66. The van der Waals surface area contributed by atoms with Gasteiger partial charge in [0.2, 0.25) is 0 Å². The highest BCUT2D eigenvalue weighted by Crippen LogP contribution is 2.45. The number of carbonyl (C=O) groups is 1. The molecule has 4 rings (SSSR count). The lowest BCUT2D eigenvalue weighted by molar-refractivity contribution is 0.102. The Balaban J connectivity index is 1.74. The molecule has 0 saturated carbocycles. The molecule has 5 nitrogen and oxygen atoms in total. The van der Waals surface area contributed by atoms with Crippen molar-refractivity contribution in [2.75, 3.05) is 19.5 Å². The average Bonchev–Trinajstić information content (AvgIpc) is 3.21. The van der Waals surface area contributed by atoms with Gasteiger partial charge < -0.3 is 14.8 Å². The molecule has 0 fully saturated rings. The Morgan fingerprint density at radius 2 is 1.86 bits per heavy atom. The topological polar surface area (TPSA) is 59.9 Å². The Bertz CT molecular complexity index is 1300. The van der Waals surface area contributed by atoms with Gasteiger partial charge >= 0.3 is 0 Å². The number of methoxy groups -OCH3 is 2. The van der Waals surface area contributed by atoms with Crippen LogP contribution in [0.15, 0.2) is 45.9 Å². The van der Waals surface area contributed by atoms with Crippen molar-refractivity contribution in [3.63, 3.8) is 0 Å². The second kappa shape index (κ2) is 11.0. The molecule has 3 aromatic rings. The van der Waals surface area contributed by atoms with Crippen LogP contribution in [0.1, 0.15) is 53.6 Å². The fraction of sp³-hybridized carbons (Fsp3) is 0.357. The zero-order valence-corrected chi connectivity index (χ0v) is 24.2. The number of amides is 1. The van der Waals surface area contributed by atoms with Gasteiger partial charge in [-0.2, -0.15) is 0 Å². The molecule has 0 aliphatic heterocycles. The zero-order chi connectivity index (χ0) is 26.0. The highest BCUT2D eigenvalue weighted by atomic mass is 79.9. The molecule has 1 atom stereocenters. The van der Waals surface area contributed by atoms with E-state index in [1.807, 2.05) is 12.1 Å². The monoisotopic (exact) mass is 588 g/mol. The van der Waals surface area contributed by atoms with Crippen molar-refractivity contribution in [2.45, 2.75) is 40.0 Å². The number of hydrogen-bond donors (Lipinski definition) is 1. The molecule has 1 heterocycles. The summed E-state index contributed by atoms with van der Waals surface area (Å²) in [4.78, 5) is 19.6. The summed E-state index contributed by atoms with van der Waals surface area (Å²) in [6.45, 7) is 6.87. The maximum absolute atomic E-state index is 13.5. The van der Waals surface area contributed by atoms with Crippen molar-refractivity contribution < 1.29 is 14.3 Å². The second-order valence-corrected chi connectivity index (χ2v) is 12.3. The zero-order valence-electron chi connectivity index (χ0n) is 21.1. The van der Waals surface area contributed by atoms with Gasteiger partial charge in [0.1, 0.15) is 16.5 Å². The van der Waals surface area contributed by atoms with Crippen molar-refractivity contribution in [1.82, 2.24) is 0 Å². The van der Waals surface area contributed by atoms with E-state index in [1.165, 1.54) is 4.88 Å². The Morgan fingerprint density at radius 3 is 2.50 bits per heavy atom. The molecule has 0 bridgehead atoms. The van der Waals surface area contributed by atoms with E-state index in [1.54, 1.807) is 56.0 Å². The summed E-state index contributed by atoms with van der Waals surface area (Å²) in [5.74, 6) is 1.72. The van der Waals surface area contributed by atoms with Crippen molar-refractivity contribution in [2.24, 2.45) is 16.3 Å². The number of carbonyl (C=O) groups excluding carboxylic acids is 1. The van der Waals surface area contributed by atoms with E-state index < -0.39 is 0 Å². The highest BCUT2D eigenvalue weighted by molar-refractivity contribution is 9.10. The lowest BCUT2D eigenvalue weighted by atomic mass is 9.72. The number of fused-ring (bicyclic) bond motifs is 1. The lowest BCUT2D eigenvalue weighted by Gasteiger charge is -2.33. The molecule has 0 spiro atoms. The van der Waals surface area contributed by atoms with E-state index in [-0.39, 0.29) is 11.3 Å². The van der Waals surface area contributed by atoms with Gasteiger partial charge in [0.15, 0.2) is 0 Å². The number of nitrogens with one attached hydrogen (secondary N) is 1. The van der Waals surface area contributed by atoms with Crippen molar-refractivity contribution >= 4 is 61.7 Å². The minimum absolute atomic E-state index is 0.154. The van der Waals surface area contributed by atoms with E-state index in [0.717, 1.165) is 34.9 Å². The van der Waals surface area contributed by atoms with Gasteiger partial charge in [-0.15, -0.1) is 11.3 Å². The maximum atomic E-state index is 13.5. The fourth-order valence-corrected chi connectivity index (χ4v) is 6.39. The Morgan fingerprint density at radius 1 is 1.17 bits per heavy atom. The summed E-state index contributed by atoms with van der Waals surface area (Å²) in [5.41, 5.74) is 3.46. The Kier molecular flexibility index (Phi) is 8.12. The summed E-state index contributed by atoms with van der Waals surface area (Å²) < 4.78 is 11.7. The quantitative estimate of drug-likeness (QED) is 0.294. The van der Waals surface area contributed by atoms with Crippen LogP contribution in [-0.2, 0) is 12.8 Å². The molecule has 1 aliphatic rings. The second-order valence-electron chi connectivity index (χ2n) is 9.94. The summed E-state index contributed by atoms with van der Waals surface area (Å²) in [6.07, 6.45) is 4.62. The van der Waals surface area contributed by atoms with E-state index in [9.17, 15) is 4.79 Å². The van der Waals surface area contributed by atoms with Gasteiger partial charge in [0.25, 0.3) is 5.91 Å². The molecule has 0 saturated heterocycles. The van der Waals surface area contributed by atoms with E-state index in [0.29, 0.717) is 38.7 Å². The van der Waals surface area contributed by atoms with Crippen molar-refractivity contribution in [3.8, 4) is 11.5 Å². The van der Waals surface area contributed by atoms with E-state index >= 15 is 0 Å². The number of hydrogen-bond acceptors (Lipinski definition) is 5. The summed E-state index contributed by atoms with van der Waals surface area (Å²) in [6, 6.07) is 10.8. The number of ether oxygens (including phenoxy) is 2. The molecule has 1 N–H and O–H groups in total. The van der Waals surface area contributed by atoms with Gasteiger partial charge in [0.05, 0.1) is 24.3 Å². The van der Waals surface area contributed by atoms with Crippen LogP contribution in [0, 0.1) is 11.3 Å². The van der Waals surface area contributed by atoms with Gasteiger partial charge in [-0.1, -0.05) is 32.4 Å². The van der Waals surface area contributed by atoms with Gasteiger partial charge in [-0.05, 0) is 82.4 Å². The van der Waals surface area contributed by atoms with Crippen LogP contribution in [-0.4, -0.2) is 26.3 Å². The Labute approximate surface area is 230 Å². The van der Waals surface area contributed by atoms with Crippen LogP contribution in [0.3, 0.4) is 0 Å². The fourth-order valence-electron chi connectivity index (χ4n) is 4.48. The minimum atomic E-state index is -0.154.